The highest BCUT2D eigenvalue weighted by molar-refractivity contribution is 7.89. The van der Waals surface area contributed by atoms with Crippen LogP contribution in [0.3, 0.4) is 0 Å². The molecule has 1 rings (SSSR count). The van der Waals surface area contributed by atoms with E-state index in [0.717, 1.165) is 12.8 Å². The molecule has 1 aliphatic carbocycles. The van der Waals surface area contributed by atoms with Crippen molar-refractivity contribution >= 4 is 10.0 Å². The molecule has 0 atom stereocenters. The minimum atomic E-state index is -2.99. The van der Waals surface area contributed by atoms with Gasteiger partial charge in [0.05, 0.1) is 5.75 Å². The molecule has 1 N–H and O–H groups in total. The topological polar surface area (TPSA) is 46.2 Å². The molecule has 0 aromatic heterocycles. The molecule has 0 bridgehead atoms. The van der Waals surface area contributed by atoms with E-state index in [0.29, 0.717) is 12.5 Å². The quantitative estimate of drug-likeness (QED) is 0.765. The van der Waals surface area contributed by atoms with E-state index in [1.54, 1.807) is 0 Å². The highest BCUT2D eigenvalue weighted by atomic mass is 32.2. The van der Waals surface area contributed by atoms with E-state index in [1.165, 1.54) is 32.1 Å². The van der Waals surface area contributed by atoms with E-state index >= 15 is 0 Å². The van der Waals surface area contributed by atoms with Crippen LogP contribution < -0.4 is 4.72 Å². The highest BCUT2D eigenvalue weighted by Crippen LogP contribution is 2.22. The fourth-order valence-corrected chi connectivity index (χ4v) is 3.35. The van der Waals surface area contributed by atoms with E-state index < -0.39 is 10.0 Å². The molecule has 0 spiro atoms. The summed E-state index contributed by atoms with van der Waals surface area (Å²) in [4.78, 5) is 0. The van der Waals surface area contributed by atoms with Crippen molar-refractivity contribution in [2.75, 3.05) is 12.3 Å². The molecule has 0 amide bonds. The molecule has 0 unspecified atom stereocenters. The summed E-state index contributed by atoms with van der Waals surface area (Å²) >= 11 is 0. The van der Waals surface area contributed by atoms with E-state index in [2.05, 4.69) is 4.72 Å². The molecule has 90 valence electrons. The monoisotopic (exact) mass is 233 g/mol. The third-order valence-electron chi connectivity index (χ3n) is 3.08. The van der Waals surface area contributed by atoms with Crippen LogP contribution in [0.5, 0.6) is 0 Å². The second-order valence-corrected chi connectivity index (χ2v) is 6.45. The lowest BCUT2D eigenvalue weighted by molar-refractivity contribution is 0.357. The first-order valence-electron chi connectivity index (χ1n) is 6.11. The van der Waals surface area contributed by atoms with E-state index in [-0.39, 0.29) is 5.75 Å². The Balaban J connectivity index is 2.22. The Labute approximate surface area is 93.7 Å². The van der Waals surface area contributed by atoms with Crippen molar-refractivity contribution in [1.29, 1.82) is 0 Å². The standard InChI is InChI=1S/C11H23NO2S/c1-2-3-9-15(13,14)12-10-11-7-5-4-6-8-11/h11-12H,2-10H2,1H3. The summed E-state index contributed by atoms with van der Waals surface area (Å²) in [5, 5.41) is 0. The molecular weight excluding hydrogens is 210 g/mol. The zero-order valence-electron chi connectivity index (χ0n) is 9.67. The third-order valence-corrected chi connectivity index (χ3v) is 4.52. The lowest BCUT2D eigenvalue weighted by atomic mass is 9.90. The van der Waals surface area contributed by atoms with Gasteiger partial charge in [0.1, 0.15) is 0 Å². The number of hydrogen-bond donors (Lipinski definition) is 1. The predicted molar refractivity (Wildman–Crippen MR) is 63.3 cm³/mol. The SMILES string of the molecule is CCCCS(=O)(=O)NCC1CCCCC1. The zero-order valence-corrected chi connectivity index (χ0v) is 10.5. The Morgan fingerprint density at radius 1 is 1.20 bits per heavy atom. The van der Waals surface area contributed by atoms with Crippen molar-refractivity contribution in [3.05, 3.63) is 0 Å². The maximum absolute atomic E-state index is 11.5. The van der Waals surface area contributed by atoms with Crippen LogP contribution in [0.25, 0.3) is 0 Å². The molecule has 1 aliphatic rings. The van der Waals surface area contributed by atoms with Crippen LogP contribution in [0.2, 0.25) is 0 Å². The number of rotatable bonds is 6. The van der Waals surface area contributed by atoms with Crippen LogP contribution in [0.15, 0.2) is 0 Å². The third kappa shape index (κ3) is 5.52. The molecule has 0 aliphatic heterocycles. The van der Waals surface area contributed by atoms with Gasteiger partial charge in [-0.15, -0.1) is 0 Å². The van der Waals surface area contributed by atoms with Gasteiger partial charge in [-0.25, -0.2) is 13.1 Å². The van der Waals surface area contributed by atoms with Crippen molar-refractivity contribution in [3.63, 3.8) is 0 Å². The fourth-order valence-electron chi connectivity index (χ4n) is 2.04. The molecule has 1 saturated carbocycles. The molecular formula is C11H23NO2S. The van der Waals surface area contributed by atoms with Crippen LogP contribution in [-0.4, -0.2) is 20.7 Å². The molecule has 0 aromatic rings. The summed E-state index contributed by atoms with van der Waals surface area (Å²) in [6.07, 6.45) is 7.93. The van der Waals surface area contributed by atoms with Crippen LogP contribution in [-0.2, 0) is 10.0 Å². The maximum Gasteiger partial charge on any atom is 0.211 e. The van der Waals surface area contributed by atoms with Gasteiger partial charge in [0.25, 0.3) is 0 Å². The van der Waals surface area contributed by atoms with Gasteiger partial charge in [0, 0.05) is 6.54 Å². The molecule has 0 aromatic carbocycles. The van der Waals surface area contributed by atoms with Gasteiger partial charge < -0.3 is 0 Å². The molecule has 0 radical (unpaired) electrons. The highest BCUT2D eigenvalue weighted by Gasteiger charge is 2.16. The number of unbranched alkanes of at least 4 members (excludes halogenated alkanes) is 1. The first kappa shape index (κ1) is 13.0. The Morgan fingerprint density at radius 3 is 2.47 bits per heavy atom. The summed E-state index contributed by atoms with van der Waals surface area (Å²) in [5.41, 5.74) is 0. The Bertz CT molecular complexity index is 256. The molecule has 0 heterocycles. The van der Waals surface area contributed by atoms with E-state index in [1.807, 2.05) is 6.92 Å². The number of hydrogen-bond acceptors (Lipinski definition) is 2. The first-order valence-corrected chi connectivity index (χ1v) is 7.76. The predicted octanol–water partition coefficient (Wildman–Crippen LogP) is 2.29. The smallest absolute Gasteiger partial charge is 0.211 e. The normalized spacial score (nSPS) is 19.3. The van der Waals surface area contributed by atoms with Crippen molar-refractivity contribution < 1.29 is 8.42 Å². The number of sulfonamides is 1. The van der Waals surface area contributed by atoms with Gasteiger partial charge in [-0.3, -0.25) is 0 Å². The minimum absolute atomic E-state index is 0.288. The van der Waals surface area contributed by atoms with Gasteiger partial charge in [0.15, 0.2) is 0 Å². The summed E-state index contributed by atoms with van der Waals surface area (Å²) < 4.78 is 25.8. The van der Waals surface area contributed by atoms with Crippen molar-refractivity contribution in [3.8, 4) is 0 Å². The minimum Gasteiger partial charge on any atom is -0.215 e. The first-order chi connectivity index (χ1) is 7.14. The molecule has 3 nitrogen and oxygen atoms in total. The van der Waals surface area contributed by atoms with Gasteiger partial charge in [-0.1, -0.05) is 32.6 Å². The Hall–Kier alpha value is -0.0900. The van der Waals surface area contributed by atoms with E-state index in [9.17, 15) is 8.42 Å². The Kier molecular flexibility index (Phi) is 5.61. The maximum atomic E-state index is 11.5. The van der Waals surface area contributed by atoms with Gasteiger partial charge in [0.2, 0.25) is 10.0 Å². The average molecular weight is 233 g/mol. The summed E-state index contributed by atoms with van der Waals surface area (Å²) in [7, 11) is -2.99. The van der Waals surface area contributed by atoms with Gasteiger partial charge >= 0.3 is 0 Å². The van der Waals surface area contributed by atoms with Gasteiger partial charge in [-0.05, 0) is 25.2 Å². The lowest BCUT2D eigenvalue weighted by Crippen LogP contribution is -2.32. The van der Waals surface area contributed by atoms with Crippen molar-refractivity contribution in [2.24, 2.45) is 5.92 Å². The van der Waals surface area contributed by atoms with Crippen LogP contribution in [0.4, 0.5) is 0 Å². The summed E-state index contributed by atoms with van der Waals surface area (Å²) in [6.45, 7) is 2.67. The summed E-state index contributed by atoms with van der Waals surface area (Å²) in [5.74, 6) is 0.867. The molecule has 15 heavy (non-hydrogen) atoms. The molecule has 1 fully saturated rings. The zero-order chi connectivity index (χ0) is 11.1. The summed E-state index contributed by atoms with van der Waals surface area (Å²) in [6, 6.07) is 0. The van der Waals surface area contributed by atoms with Crippen molar-refractivity contribution in [2.45, 2.75) is 51.9 Å². The fraction of sp³-hybridized carbons (Fsp3) is 1.00. The van der Waals surface area contributed by atoms with Crippen LogP contribution in [0.1, 0.15) is 51.9 Å². The Morgan fingerprint density at radius 2 is 1.87 bits per heavy atom. The molecule has 0 saturated heterocycles. The average Bonchev–Trinajstić information content (AvgIpc) is 2.25. The second-order valence-electron chi connectivity index (χ2n) is 4.52. The number of nitrogens with one attached hydrogen (secondary N) is 1. The van der Waals surface area contributed by atoms with Gasteiger partial charge in [-0.2, -0.15) is 0 Å². The second kappa shape index (κ2) is 6.48. The molecule has 4 heteroatoms. The van der Waals surface area contributed by atoms with Crippen molar-refractivity contribution in [1.82, 2.24) is 4.72 Å². The lowest BCUT2D eigenvalue weighted by Gasteiger charge is -2.21. The largest absolute Gasteiger partial charge is 0.215 e. The van der Waals surface area contributed by atoms with E-state index in [4.69, 9.17) is 0 Å². The van der Waals surface area contributed by atoms with Crippen LogP contribution >= 0.6 is 0 Å². The van der Waals surface area contributed by atoms with Crippen LogP contribution in [0, 0.1) is 5.92 Å².